The fourth-order valence-electron chi connectivity index (χ4n) is 4.58. The van der Waals surface area contributed by atoms with E-state index in [1.807, 2.05) is 30.6 Å². The molecule has 0 amide bonds. The van der Waals surface area contributed by atoms with E-state index in [-0.39, 0.29) is 5.54 Å². The minimum Gasteiger partial charge on any atom is -0.341 e. The molecule has 7 heteroatoms. The van der Waals surface area contributed by atoms with Crippen molar-refractivity contribution in [3.05, 3.63) is 42.2 Å². The number of hydrogen-bond acceptors (Lipinski definition) is 7. The Balaban J connectivity index is 1.34. The van der Waals surface area contributed by atoms with Crippen molar-refractivity contribution in [1.29, 1.82) is 0 Å². The van der Waals surface area contributed by atoms with Crippen LogP contribution in [0.15, 0.2) is 41.3 Å². The molecule has 1 aromatic carbocycles. The first kappa shape index (κ1) is 15.7. The van der Waals surface area contributed by atoms with Crippen LogP contribution in [0.25, 0.3) is 11.0 Å². The Labute approximate surface area is 152 Å². The SMILES string of the molecule is c1cnc(N2CCC3(CCCN3Cc3cccc4nonc34)CC2)nc1. The first-order valence-electron chi connectivity index (χ1n) is 9.31. The summed E-state index contributed by atoms with van der Waals surface area (Å²) in [6, 6.07) is 8.01. The fourth-order valence-corrected chi connectivity index (χ4v) is 4.58. The molecule has 2 fully saturated rings. The lowest BCUT2D eigenvalue weighted by Gasteiger charge is -2.45. The second-order valence-electron chi connectivity index (χ2n) is 7.33. The number of aromatic nitrogens is 4. The van der Waals surface area contributed by atoms with Gasteiger partial charge in [-0.15, -0.1) is 0 Å². The van der Waals surface area contributed by atoms with Crippen molar-refractivity contribution < 1.29 is 4.63 Å². The lowest BCUT2D eigenvalue weighted by Crippen LogP contribution is -2.52. The van der Waals surface area contributed by atoms with Gasteiger partial charge in [0.25, 0.3) is 0 Å². The number of anilines is 1. The molecule has 2 saturated heterocycles. The molecule has 0 bridgehead atoms. The van der Waals surface area contributed by atoms with Crippen molar-refractivity contribution in [3.8, 4) is 0 Å². The van der Waals surface area contributed by atoms with Gasteiger partial charge in [0.2, 0.25) is 5.95 Å². The average Bonchev–Trinajstić information content (AvgIpc) is 3.32. The summed E-state index contributed by atoms with van der Waals surface area (Å²) in [5.74, 6) is 0.852. The molecule has 5 rings (SSSR count). The van der Waals surface area contributed by atoms with Crippen LogP contribution in [0.1, 0.15) is 31.2 Å². The number of likely N-dealkylation sites (tertiary alicyclic amines) is 1. The molecule has 134 valence electrons. The summed E-state index contributed by atoms with van der Waals surface area (Å²) in [5.41, 5.74) is 3.22. The van der Waals surface area contributed by atoms with Gasteiger partial charge in [0, 0.05) is 37.6 Å². The van der Waals surface area contributed by atoms with E-state index in [4.69, 9.17) is 4.63 Å². The summed E-state index contributed by atoms with van der Waals surface area (Å²) in [4.78, 5) is 13.8. The van der Waals surface area contributed by atoms with Crippen molar-refractivity contribution in [2.45, 2.75) is 37.8 Å². The summed E-state index contributed by atoms with van der Waals surface area (Å²) in [6.45, 7) is 4.07. The smallest absolute Gasteiger partial charge is 0.225 e. The van der Waals surface area contributed by atoms with E-state index in [1.54, 1.807) is 0 Å². The van der Waals surface area contributed by atoms with E-state index in [0.717, 1.165) is 56.0 Å². The molecule has 0 atom stereocenters. The summed E-state index contributed by atoms with van der Waals surface area (Å²) in [5, 5.41) is 8.08. The lowest BCUT2D eigenvalue weighted by molar-refractivity contribution is 0.0998. The molecule has 0 saturated carbocycles. The van der Waals surface area contributed by atoms with Gasteiger partial charge in [0.15, 0.2) is 0 Å². The second kappa shape index (κ2) is 6.32. The van der Waals surface area contributed by atoms with E-state index in [0.29, 0.717) is 0 Å². The Morgan fingerprint density at radius 2 is 1.81 bits per heavy atom. The molecule has 2 aromatic heterocycles. The van der Waals surface area contributed by atoms with E-state index in [1.165, 1.54) is 18.4 Å². The van der Waals surface area contributed by atoms with E-state index >= 15 is 0 Å². The Morgan fingerprint density at radius 1 is 0.962 bits per heavy atom. The molecule has 7 nitrogen and oxygen atoms in total. The highest BCUT2D eigenvalue weighted by Crippen LogP contribution is 2.40. The van der Waals surface area contributed by atoms with Gasteiger partial charge >= 0.3 is 0 Å². The lowest BCUT2D eigenvalue weighted by atomic mass is 9.84. The molecule has 0 unspecified atom stereocenters. The minimum absolute atomic E-state index is 0.282. The molecular formula is C19H22N6O. The zero-order valence-corrected chi connectivity index (χ0v) is 14.7. The first-order chi connectivity index (χ1) is 12.8. The number of nitrogens with zero attached hydrogens (tertiary/aromatic N) is 6. The number of benzene rings is 1. The predicted octanol–water partition coefficient (Wildman–Crippen LogP) is 2.65. The molecular weight excluding hydrogens is 328 g/mol. The van der Waals surface area contributed by atoms with Gasteiger partial charge in [-0.1, -0.05) is 12.1 Å². The normalized spacial score (nSPS) is 20.2. The topological polar surface area (TPSA) is 71.2 Å². The molecule has 3 aromatic rings. The Kier molecular flexibility index (Phi) is 3.81. The third-order valence-electron chi connectivity index (χ3n) is 6.00. The van der Waals surface area contributed by atoms with Crippen molar-refractivity contribution in [1.82, 2.24) is 25.2 Å². The van der Waals surface area contributed by atoms with Crippen LogP contribution in [0, 0.1) is 0 Å². The summed E-state index contributed by atoms with van der Waals surface area (Å²) >= 11 is 0. The van der Waals surface area contributed by atoms with Crippen LogP contribution in [-0.2, 0) is 6.54 Å². The maximum atomic E-state index is 4.93. The zero-order chi connectivity index (χ0) is 17.4. The standard InChI is InChI=1S/C19H22N6O/c1-4-15(17-16(5-1)22-26-23-17)14-25-11-2-6-19(25)7-12-24(13-8-19)18-20-9-3-10-21-18/h1,3-5,9-10H,2,6-8,11-14H2. The van der Waals surface area contributed by atoms with Gasteiger partial charge in [-0.05, 0) is 60.2 Å². The fraction of sp³-hybridized carbons (Fsp3) is 0.474. The first-order valence-corrected chi connectivity index (χ1v) is 9.31. The second-order valence-corrected chi connectivity index (χ2v) is 7.33. The third-order valence-corrected chi connectivity index (χ3v) is 6.00. The van der Waals surface area contributed by atoms with Crippen LogP contribution in [0.4, 0.5) is 5.95 Å². The monoisotopic (exact) mass is 350 g/mol. The molecule has 4 heterocycles. The van der Waals surface area contributed by atoms with Crippen molar-refractivity contribution >= 4 is 17.0 Å². The molecule has 0 aliphatic carbocycles. The van der Waals surface area contributed by atoms with Crippen molar-refractivity contribution in [2.24, 2.45) is 0 Å². The maximum Gasteiger partial charge on any atom is 0.225 e. The zero-order valence-electron chi connectivity index (χ0n) is 14.7. The number of fused-ring (bicyclic) bond motifs is 1. The Morgan fingerprint density at radius 3 is 2.65 bits per heavy atom. The molecule has 26 heavy (non-hydrogen) atoms. The van der Waals surface area contributed by atoms with Crippen LogP contribution in [-0.4, -0.2) is 50.4 Å². The molecule has 0 radical (unpaired) electrons. The van der Waals surface area contributed by atoms with Crippen LogP contribution in [0.3, 0.4) is 0 Å². The van der Waals surface area contributed by atoms with Gasteiger partial charge in [-0.2, -0.15) is 0 Å². The maximum absolute atomic E-state index is 4.93. The summed E-state index contributed by atoms with van der Waals surface area (Å²) < 4.78 is 4.93. The number of rotatable bonds is 3. The van der Waals surface area contributed by atoms with Gasteiger partial charge in [-0.25, -0.2) is 14.6 Å². The molecule has 1 spiro atoms. The van der Waals surface area contributed by atoms with E-state index in [9.17, 15) is 0 Å². The van der Waals surface area contributed by atoms with Crippen LogP contribution in [0.2, 0.25) is 0 Å². The van der Waals surface area contributed by atoms with Crippen molar-refractivity contribution in [2.75, 3.05) is 24.5 Å². The largest absolute Gasteiger partial charge is 0.341 e. The quantitative estimate of drug-likeness (QED) is 0.719. The van der Waals surface area contributed by atoms with Crippen LogP contribution >= 0.6 is 0 Å². The number of piperidine rings is 1. The van der Waals surface area contributed by atoms with E-state index < -0.39 is 0 Å². The average molecular weight is 350 g/mol. The highest BCUT2D eigenvalue weighted by Gasteiger charge is 2.43. The Hall–Kier alpha value is -2.54. The Bertz CT molecular complexity index is 887. The minimum atomic E-state index is 0.282. The van der Waals surface area contributed by atoms with E-state index in [2.05, 4.69) is 36.1 Å². The van der Waals surface area contributed by atoms with Crippen molar-refractivity contribution in [3.63, 3.8) is 0 Å². The molecule has 2 aliphatic heterocycles. The predicted molar refractivity (Wildman–Crippen MR) is 97.7 cm³/mol. The molecule has 0 N–H and O–H groups in total. The van der Waals surface area contributed by atoms with Gasteiger partial charge in [-0.3, -0.25) is 4.90 Å². The van der Waals surface area contributed by atoms with Crippen LogP contribution in [0.5, 0.6) is 0 Å². The summed E-state index contributed by atoms with van der Waals surface area (Å²) in [7, 11) is 0. The third kappa shape index (κ3) is 2.63. The summed E-state index contributed by atoms with van der Waals surface area (Å²) in [6.07, 6.45) is 8.47. The number of hydrogen-bond donors (Lipinski definition) is 0. The van der Waals surface area contributed by atoms with Gasteiger partial charge in [0.05, 0.1) is 0 Å². The highest BCUT2D eigenvalue weighted by molar-refractivity contribution is 5.76. The van der Waals surface area contributed by atoms with Crippen LogP contribution < -0.4 is 4.90 Å². The van der Waals surface area contributed by atoms with Gasteiger partial charge < -0.3 is 4.90 Å². The highest BCUT2D eigenvalue weighted by atomic mass is 16.6. The van der Waals surface area contributed by atoms with Gasteiger partial charge in [0.1, 0.15) is 11.0 Å². The molecule has 2 aliphatic rings.